The molecule has 0 aromatic heterocycles. The first-order valence-electron chi connectivity index (χ1n) is 5.19. The first-order chi connectivity index (χ1) is 5.93. The summed E-state index contributed by atoms with van der Waals surface area (Å²) in [6.07, 6.45) is 1.75. The van der Waals surface area contributed by atoms with Crippen LogP contribution in [0.2, 0.25) is 0 Å². The molecule has 2 heteroatoms. The minimum atomic E-state index is 0.108. The van der Waals surface area contributed by atoms with Gasteiger partial charge in [0.1, 0.15) is 0 Å². The summed E-state index contributed by atoms with van der Waals surface area (Å²) < 4.78 is 0. The van der Waals surface area contributed by atoms with Crippen LogP contribution in [0, 0.1) is 11.8 Å². The maximum Gasteiger partial charge on any atom is 0.222 e. The molecular weight excluding hydrogens is 162 g/mol. The molecule has 0 aliphatic carbocycles. The molecule has 13 heavy (non-hydrogen) atoms. The zero-order valence-corrected chi connectivity index (χ0v) is 9.42. The average Bonchev–Trinajstić information content (AvgIpc) is 2.30. The predicted molar refractivity (Wildman–Crippen MR) is 54.4 cm³/mol. The van der Waals surface area contributed by atoms with Crippen LogP contribution in [0.3, 0.4) is 0 Å². The molecule has 0 saturated carbocycles. The summed E-state index contributed by atoms with van der Waals surface area (Å²) in [5.74, 6) is 1.40. The fourth-order valence-corrected chi connectivity index (χ4v) is 2.89. The predicted octanol–water partition coefficient (Wildman–Crippen LogP) is 2.29. The summed E-state index contributed by atoms with van der Waals surface area (Å²) in [6.45, 7) is 8.87. The van der Waals surface area contributed by atoms with Crippen molar-refractivity contribution in [3.8, 4) is 0 Å². The van der Waals surface area contributed by atoms with E-state index in [1.165, 1.54) is 0 Å². The van der Waals surface area contributed by atoms with Gasteiger partial charge in [0, 0.05) is 19.0 Å². The van der Waals surface area contributed by atoms with E-state index in [4.69, 9.17) is 0 Å². The van der Waals surface area contributed by atoms with Gasteiger partial charge in [-0.3, -0.25) is 4.79 Å². The number of hydrogen-bond donors (Lipinski definition) is 0. The largest absolute Gasteiger partial charge is 0.340 e. The van der Waals surface area contributed by atoms with E-state index >= 15 is 0 Å². The molecule has 1 aliphatic rings. The molecule has 0 aromatic carbocycles. The number of carbonyl (C=O) groups excluding carboxylic acids is 1. The van der Waals surface area contributed by atoms with E-state index in [-0.39, 0.29) is 5.54 Å². The molecule has 0 N–H and O–H groups in total. The Bertz CT molecular complexity index is 200. The van der Waals surface area contributed by atoms with Gasteiger partial charge in [0.15, 0.2) is 0 Å². The van der Waals surface area contributed by atoms with Crippen LogP contribution in [-0.2, 0) is 4.79 Å². The topological polar surface area (TPSA) is 20.3 Å². The van der Waals surface area contributed by atoms with Crippen molar-refractivity contribution in [2.45, 2.75) is 46.1 Å². The van der Waals surface area contributed by atoms with Gasteiger partial charge in [-0.15, -0.1) is 0 Å². The fraction of sp³-hybridized carbons (Fsp3) is 0.909. The van der Waals surface area contributed by atoms with Gasteiger partial charge in [-0.05, 0) is 18.3 Å². The molecular formula is C11H21NO. The van der Waals surface area contributed by atoms with Gasteiger partial charge in [-0.2, -0.15) is 0 Å². The quantitative estimate of drug-likeness (QED) is 0.643. The van der Waals surface area contributed by atoms with Crippen LogP contribution in [0.4, 0.5) is 0 Å². The lowest BCUT2D eigenvalue weighted by Crippen LogP contribution is -2.51. The van der Waals surface area contributed by atoms with Crippen LogP contribution in [0.25, 0.3) is 0 Å². The van der Waals surface area contributed by atoms with Crippen molar-refractivity contribution < 1.29 is 4.79 Å². The summed E-state index contributed by atoms with van der Waals surface area (Å²) in [5.41, 5.74) is 0.108. The van der Waals surface area contributed by atoms with E-state index in [1.807, 2.05) is 11.9 Å². The average molecular weight is 183 g/mol. The molecule has 0 spiro atoms. The van der Waals surface area contributed by atoms with Crippen molar-refractivity contribution in [2.24, 2.45) is 11.8 Å². The lowest BCUT2D eigenvalue weighted by atomic mass is 9.75. The van der Waals surface area contributed by atoms with Crippen molar-refractivity contribution in [2.75, 3.05) is 7.05 Å². The van der Waals surface area contributed by atoms with Gasteiger partial charge in [0.25, 0.3) is 0 Å². The third-order valence-electron chi connectivity index (χ3n) is 3.74. The zero-order valence-electron chi connectivity index (χ0n) is 9.42. The van der Waals surface area contributed by atoms with Crippen LogP contribution in [-0.4, -0.2) is 23.4 Å². The van der Waals surface area contributed by atoms with Crippen LogP contribution in [0.5, 0.6) is 0 Å². The highest BCUT2D eigenvalue weighted by Crippen LogP contribution is 2.41. The van der Waals surface area contributed by atoms with E-state index in [2.05, 4.69) is 27.7 Å². The van der Waals surface area contributed by atoms with E-state index in [0.29, 0.717) is 17.7 Å². The highest BCUT2D eigenvalue weighted by molar-refractivity contribution is 5.79. The SMILES string of the molecule is CC(C)C1(C(C)C)CCC(=O)N1C. The monoisotopic (exact) mass is 183 g/mol. The van der Waals surface area contributed by atoms with E-state index in [9.17, 15) is 4.79 Å². The van der Waals surface area contributed by atoms with Crippen LogP contribution in [0.1, 0.15) is 40.5 Å². The molecule has 0 atom stereocenters. The summed E-state index contributed by atoms with van der Waals surface area (Å²) in [4.78, 5) is 13.5. The highest BCUT2D eigenvalue weighted by Gasteiger charge is 2.47. The molecule has 2 nitrogen and oxygen atoms in total. The summed E-state index contributed by atoms with van der Waals surface area (Å²) >= 11 is 0. The van der Waals surface area contributed by atoms with E-state index in [1.54, 1.807) is 0 Å². The first kappa shape index (κ1) is 10.6. The van der Waals surface area contributed by atoms with Crippen molar-refractivity contribution in [3.63, 3.8) is 0 Å². The maximum absolute atomic E-state index is 11.5. The van der Waals surface area contributed by atoms with Crippen molar-refractivity contribution in [3.05, 3.63) is 0 Å². The second-order valence-corrected chi connectivity index (χ2v) is 4.75. The molecule has 1 rings (SSSR count). The fourth-order valence-electron chi connectivity index (χ4n) is 2.89. The molecule has 0 bridgehead atoms. The van der Waals surface area contributed by atoms with Crippen molar-refractivity contribution >= 4 is 5.91 Å². The number of rotatable bonds is 2. The third-order valence-corrected chi connectivity index (χ3v) is 3.74. The Morgan fingerprint density at radius 1 is 1.23 bits per heavy atom. The molecule has 0 radical (unpaired) electrons. The number of likely N-dealkylation sites (tertiary alicyclic amines) is 1. The Balaban J connectivity index is 2.99. The molecule has 0 unspecified atom stereocenters. The Morgan fingerprint density at radius 2 is 1.69 bits per heavy atom. The summed E-state index contributed by atoms with van der Waals surface area (Å²) in [6, 6.07) is 0. The Hall–Kier alpha value is -0.530. The van der Waals surface area contributed by atoms with E-state index in [0.717, 1.165) is 12.8 Å². The van der Waals surface area contributed by atoms with Gasteiger partial charge >= 0.3 is 0 Å². The minimum Gasteiger partial charge on any atom is -0.340 e. The van der Waals surface area contributed by atoms with Gasteiger partial charge in [0.2, 0.25) is 5.91 Å². The second-order valence-electron chi connectivity index (χ2n) is 4.75. The molecule has 0 aromatic rings. The smallest absolute Gasteiger partial charge is 0.222 e. The maximum atomic E-state index is 11.5. The van der Waals surface area contributed by atoms with Gasteiger partial charge in [-0.25, -0.2) is 0 Å². The Morgan fingerprint density at radius 3 is 1.85 bits per heavy atom. The number of nitrogens with zero attached hydrogens (tertiary/aromatic N) is 1. The molecule has 1 saturated heterocycles. The summed E-state index contributed by atoms with van der Waals surface area (Å²) in [5, 5.41) is 0. The first-order valence-corrected chi connectivity index (χ1v) is 5.19. The number of carbonyl (C=O) groups is 1. The van der Waals surface area contributed by atoms with Crippen LogP contribution < -0.4 is 0 Å². The molecule has 76 valence electrons. The van der Waals surface area contributed by atoms with Gasteiger partial charge in [0.05, 0.1) is 0 Å². The van der Waals surface area contributed by atoms with Gasteiger partial charge < -0.3 is 4.90 Å². The molecule has 1 aliphatic heterocycles. The Kier molecular flexibility index (Phi) is 2.69. The van der Waals surface area contributed by atoms with Crippen LogP contribution >= 0.6 is 0 Å². The lowest BCUT2D eigenvalue weighted by molar-refractivity contribution is -0.132. The zero-order chi connectivity index (χ0) is 10.2. The summed E-state index contributed by atoms with van der Waals surface area (Å²) in [7, 11) is 1.95. The standard InChI is InChI=1S/C11H21NO/c1-8(2)11(9(3)4)7-6-10(13)12(11)5/h8-9H,6-7H2,1-5H3. The molecule has 1 amide bonds. The van der Waals surface area contributed by atoms with E-state index < -0.39 is 0 Å². The van der Waals surface area contributed by atoms with Crippen LogP contribution in [0.15, 0.2) is 0 Å². The Labute approximate surface area is 81.3 Å². The molecule has 1 fully saturated rings. The van der Waals surface area contributed by atoms with Crippen molar-refractivity contribution in [1.29, 1.82) is 0 Å². The lowest BCUT2D eigenvalue weighted by Gasteiger charge is -2.43. The molecule has 1 heterocycles. The van der Waals surface area contributed by atoms with Gasteiger partial charge in [-0.1, -0.05) is 27.7 Å². The number of amides is 1. The normalized spacial score (nSPS) is 22.1. The highest BCUT2D eigenvalue weighted by atomic mass is 16.2. The third kappa shape index (κ3) is 1.36. The number of hydrogen-bond acceptors (Lipinski definition) is 1. The minimum absolute atomic E-state index is 0.108. The second kappa shape index (κ2) is 3.32. The van der Waals surface area contributed by atoms with Crippen molar-refractivity contribution in [1.82, 2.24) is 4.90 Å².